The zero-order chi connectivity index (χ0) is 28.7. The summed E-state index contributed by atoms with van der Waals surface area (Å²) in [4.78, 5) is 25.3. The minimum absolute atomic E-state index is 0. The van der Waals surface area contributed by atoms with Crippen LogP contribution < -0.4 is 16.4 Å². The fourth-order valence-electron chi connectivity index (χ4n) is 5.28. The number of hydrogen-bond donors (Lipinski definition) is 3. The minimum atomic E-state index is -0.422. The average Bonchev–Trinajstić information content (AvgIpc) is 2.93. The molecule has 5 nitrogen and oxygen atoms in total. The summed E-state index contributed by atoms with van der Waals surface area (Å²) in [5.41, 5.74) is 5.64. The van der Waals surface area contributed by atoms with Crippen molar-refractivity contribution in [1.29, 1.82) is 0 Å². The van der Waals surface area contributed by atoms with Gasteiger partial charge in [-0.25, -0.2) is 0 Å². The molecule has 240 valence electrons. The van der Waals surface area contributed by atoms with E-state index in [2.05, 4.69) is 24.5 Å². The summed E-state index contributed by atoms with van der Waals surface area (Å²) in [6.45, 7) is 5.86. The van der Waals surface area contributed by atoms with E-state index in [1.807, 2.05) is 0 Å². The summed E-state index contributed by atoms with van der Waals surface area (Å²) in [6, 6.07) is -0.422. The van der Waals surface area contributed by atoms with Crippen molar-refractivity contribution in [3.63, 3.8) is 0 Å². The van der Waals surface area contributed by atoms with Crippen molar-refractivity contribution >= 4 is 24.2 Å². The maximum absolute atomic E-state index is 12.8. The predicted octanol–water partition coefficient (Wildman–Crippen LogP) is 9.54. The zero-order valence-corrected chi connectivity index (χ0v) is 27.7. The molecule has 2 amide bonds. The number of unbranched alkanes of at least 4 members (excludes halogenated alkanes) is 22. The van der Waals surface area contributed by atoms with Crippen molar-refractivity contribution in [3.8, 4) is 0 Å². The summed E-state index contributed by atoms with van der Waals surface area (Å²) in [5, 5.41) is 6.09. The Bertz CT molecular complexity index is 533. The molecule has 0 bridgehead atoms. The van der Waals surface area contributed by atoms with Crippen molar-refractivity contribution in [3.05, 3.63) is 0 Å². The molecule has 0 saturated carbocycles. The molecule has 0 aliphatic heterocycles. The van der Waals surface area contributed by atoms with Gasteiger partial charge in [-0.1, -0.05) is 149 Å². The van der Waals surface area contributed by atoms with Crippen LogP contribution in [0.3, 0.4) is 0 Å². The van der Waals surface area contributed by atoms with E-state index in [4.69, 9.17) is 5.73 Å². The molecular formula is C34H70ClN3O2. The first-order chi connectivity index (χ1) is 19.2. The van der Waals surface area contributed by atoms with Crippen LogP contribution in [-0.4, -0.2) is 30.9 Å². The van der Waals surface area contributed by atoms with Crippen LogP contribution in [0.25, 0.3) is 0 Å². The molecule has 0 spiro atoms. The number of nitrogens with two attached hydrogens (primary N) is 1. The van der Waals surface area contributed by atoms with E-state index in [0.29, 0.717) is 25.9 Å². The van der Waals surface area contributed by atoms with Gasteiger partial charge in [0.1, 0.15) is 6.04 Å². The molecule has 4 N–H and O–H groups in total. The van der Waals surface area contributed by atoms with E-state index >= 15 is 0 Å². The van der Waals surface area contributed by atoms with Gasteiger partial charge in [0.2, 0.25) is 11.8 Å². The van der Waals surface area contributed by atoms with Crippen LogP contribution in [0.1, 0.15) is 187 Å². The van der Waals surface area contributed by atoms with Gasteiger partial charge in [-0.05, 0) is 38.6 Å². The van der Waals surface area contributed by atoms with Crippen LogP contribution in [0.2, 0.25) is 0 Å². The third-order valence-corrected chi connectivity index (χ3v) is 7.94. The quantitative estimate of drug-likeness (QED) is 0.0706. The van der Waals surface area contributed by atoms with Gasteiger partial charge >= 0.3 is 0 Å². The van der Waals surface area contributed by atoms with E-state index in [1.165, 1.54) is 128 Å². The molecule has 0 aromatic heterocycles. The lowest BCUT2D eigenvalue weighted by molar-refractivity contribution is -0.129. The maximum atomic E-state index is 12.8. The summed E-state index contributed by atoms with van der Waals surface area (Å²) in [6.07, 6.45) is 32.7. The Morgan fingerprint density at radius 1 is 0.550 bits per heavy atom. The van der Waals surface area contributed by atoms with Crippen LogP contribution >= 0.6 is 12.4 Å². The van der Waals surface area contributed by atoms with Crippen molar-refractivity contribution in [2.75, 3.05) is 13.1 Å². The average molecular weight is 588 g/mol. The highest BCUT2D eigenvalue weighted by Crippen LogP contribution is 2.13. The first-order valence-corrected chi connectivity index (χ1v) is 17.4. The van der Waals surface area contributed by atoms with Gasteiger partial charge in [0.05, 0.1) is 0 Å². The lowest BCUT2D eigenvalue weighted by Gasteiger charge is -2.18. The number of carbonyl (C=O) groups excluding carboxylic acids is 2. The van der Waals surface area contributed by atoms with E-state index in [1.54, 1.807) is 0 Å². The Morgan fingerprint density at radius 2 is 0.950 bits per heavy atom. The second kappa shape index (κ2) is 34.4. The normalized spacial score (nSPS) is 11.7. The molecule has 0 aromatic rings. The van der Waals surface area contributed by atoms with Crippen LogP contribution in [0, 0.1) is 0 Å². The monoisotopic (exact) mass is 588 g/mol. The molecule has 0 radical (unpaired) electrons. The molecule has 1 atom stereocenters. The molecule has 0 aliphatic rings. The summed E-state index contributed by atoms with van der Waals surface area (Å²) in [5.74, 6) is -0.00781. The van der Waals surface area contributed by atoms with Gasteiger partial charge in [0, 0.05) is 13.0 Å². The highest BCUT2D eigenvalue weighted by molar-refractivity contribution is 5.87. The smallest absolute Gasteiger partial charge is 0.242 e. The molecule has 0 heterocycles. The molecule has 0 rings (SSSR count). The van der Waals surface area contributed by atoms with Crippen LogP contribution in [0.15, 0.2) is 0 Å². The third-order valence-electron chi connectivity index (χ3n) is 7.94. The van der Waals surface area contributed by atoms with Gasteiger partial charge in [0.25, 0.3) is 0 Å². The van der Waals surface area contributed by atoms with Gasteiger partial charge in [-0.15, -0.1) is 12.4 Å². The molecule has 0 fully saturated rings. The third kappa shape index (κ3) is 30.2. The molecule has 0 aromatic carbocycles. The van der Waals surface area contributed by atoms with Crippen LogP contribution in [0.4, 0.5) is 0 Å². The largest absolute Gasteiger partial charge is 0.354 e. The SMILES string of the molecule is CCCCCCCCCCCCCCCC(=O)NC(CCCCN)C(=O)NCCCCCCCCCCCC.Cl. The predicted molar refractivity (Wildman–Crippen MR) is 177 cm³/mol. The number of halogens is 1. The second-order valence-corrected chi connectivity index (χ2v) is 11.9. The fourth-order valence-corrected chi connectivity index (χ4v) is 5.28. The number of amides is 2. The van der Waals surface area contributed by atoms with Gasteiger partial charge in [0.15, 0.2) is 0 Å². The molecule has 6 heteroatoms. The molecular weight excluding hydrogens is 518 g/mol. The first kappa shape index (κ1) is 41.3. The Morgan fingerprint density at radius 3 is 1.38 bits per heavy atom. The standard InChI is InChI=1S/C34H69N3O2.ClH/c1-3-5-7-9-11-13-15-16-17-18-20-22-24-29-33(38)37-32(28-25-26-30-35)34(39)36-31-27-23-21-19-14-12-10-8-6-4-2;/h32H,3-31,35H2,1-2H3,(H,36,39)(H,37,38);1H. The zero-order valence-electron chi connectivity index (χ0n) is 26.9. The first-order valence-electron chi connectivity index (χ1n) is 17.4. The maximum Gasteiger partial charge on any atom is 0.242 e. The summed E-state index contributed by atoms with van der Waals surface area (Å²) < 4.78 is 0. The van der Waals surface area contributed by atoms with Crippen molar-refractivity contribution in [2.24, 2.45) is 5.73 Å². The van der Waals surface area contributed by atoms with E-state index in [9.17, 15) is 9.59 Å². The number of rotatable bonds is 31. The minimum Gasteiger partial charge on any atom is -0.354 e. The second-order valence-electron chi connectivity index (χ2n) is 11.9. The van der Waals surface area contributed by atoms with Crippen LogP contribution in [0.5, 0.6) is 0 Å². The van der Waals surface area contributed by atoms with Crippen molar-refractivity contribution < 1.29 is 9.59 Å². The van der Waals surface area contributed by atoms with Crippen molar-refractivity contribution in [1.82, 2.24) is 10.6 Å². The fraction of sp³-hybridized carbons (Fsp3) is 0.941. The molecule has 40 heavy (non-hydrogen) atoms. The Hall–Kier alpha value is -0.810. The summed E-state index contributed by atoms with van der Waals surface area (Å²) in [7, 11) is 0. The number of nitrogens with one attached hydrogen (secondary N) is 2. The highest BCUT2D eigenvalue weighted by Gasteiger charge is 2.19. The summed E-state index contributed by atoms with van der Waals surface area (Å²) >= 11 is 0. The topological polar surface area (TPSA) is 84.2 Å². The lowest BCUT2D eigenvalue weighted by atomic mass is 10.0. The number of hydrogen-bond acceptors (Lipinski definition) is 3. The number of carbonyl (C=O) groups is 2. The Balaban J connectivity index is 0. The molecule has 1 unspecified atom stereocenters. The Labute approximate surface area is 256 Å². The van der Waals surface area contributed by atoms with Crippen molar-refractivity contribution in [2.45, 2.75) is 193 Å². The van der Waals surface area contributed by atoms with E-state index in [-0.39, 0.29) is 24.2 Å². The molecule has 0 saturated heterocycles. The van der Waals surface area contributed by atoms with Crippen LogP contribution in [-0.2, 0) is 9.59 Å². The van der Waals surface area contributed by atoms with Gasteiger partial charge in [-0.2, -0.15) is 0 Å². The highest BCUT2D eigenvalue weighted by atomic mass is 35.5. The Kier molecular flexibility index (Phi) is 35.5. The van der Waals surface area contributed by atoms with E-state index < -0.39 is 6.04 Å². The van der Waals surface area contributed by atoms with E-state index in [0.717, 1.165) is 32.1 Å². The molecule has 0 aliphatic carbocycles. The van der Waals surface area contributed by atoms with Gasteiger partial charge in [-0.3, -0.25) is 9.59 Å². The van der Waals surface area contributed by atoms with Gasteiger partial charge < -0.3 is 16.4 Å². The lowest BCUT2D eigenvalue weighted by Crippen LogP contribution is -2.47.